The van der Waals surface area contributed by atoms with Crippen molar-refractivity contribution >= 4 is 0 Å². The lowest BCUT2D eigenvalue weighted by atomic mass is 9.95. The molecule has 0 saturated carbocycles. The molecule has 0 bridgehead atoms. The van der Waals surface area contributed by atoms with E-state index >= 15 is 0 Å². The van der Waals surface area contributed by atoms with Gasteiger partial charge in [-0.2, -0.15) is 0 Å². The number of aliphatic hydroxyl groups is 1. The van der Waals surface area contributed by atoms with Gasteiger partial charge in [-0.1, -0.05) is 27.2 Å². The van der Waals surface area contributed by atoms with Crippen LogP contribution in [0.15, 0.2) is 0 Å². The maximum absolute atomic E-state index is 9.52. The van der Waals surface area contributed by atoms with Crippen molar-refractivity contribution in [3.63, 3.8) is 0 Å². The van der Waals surface area contributed by atoms with Crippen molar-refractivity contribution in [3.8, 4) is 0 Å². The lowest BCUT2D eigenvalue weighted by molar-refractivity contribution is 0.146. The van der Waals surface area contributed by atoms with Gasteiger partial charge in [0.05, 0.1) is 6.61 Å². The van der Waals surface area contributed by atoms with Crippen LogP contribution in [0.25, 0.3) is 0 Å². The summed E-state index contributed by atoms with van der Waals surface area (Å²) in [5.41, 5.74) is -0.136. The van der Waals surface area contributed by atoms with Crippen molar-refractivity contribution < 1.29 is 5.11 Å². The largest absolute Gasteiger partial charge is 0.394 e. The average molecular weight is 258 g/mol. The third-order valence-corrected chi connectivity index (χ3v) is 3.68. The van der Waals surface area contributed by atoms with Crippen LogP contribution in [-0.2, 0) is 0 Å². The first-order chi connectivity index (χ1) is 8.34. The van der Waals surface area contributed by atoms with Gasteiger partial charge in [-0.15, -0.1) is 0 Å². The molecular weight excluding hydrogens is 224 g/mol. The summed E-state index contributed by atoms with van der Waals surface area (Å²) in [4.78, 5) is 2.43. The highest BCUT2D eigenvalue weighted by Gasteiger charge is 2.23. The van der Waals surface area contributed by atoms with E-state index in [1.807, 2.05) is 0 Å². The van der Waals surface area contributed by atoms with E-state index in [4.69, 9.17) is 0 Å². The fraction of sp³-hybridized carbons (Fsp3) is 1.00. The molecule has 0 aliphatic carbocycles. The van der Waals surface area contributed by atoms with Crippen LogP contribution in [0.1, 0.15) is 60.3 Å². The minimum atomic E-state index is -0.136. The van der Waals surface area contributed by atoms with Gasteiger partial charge in [0.15, 0.2) is 0 Å². The zero-order valence-electron chi connectivity index (χ0n) is 13.3. The summed E-state index contributed by atoms with van der Waals surface area (Å²) in [5.74, 6) is 0. The summed E-state index contributed by atoms with van der Waals surface area (Å²) in [6, 6.07) is 1.08. The second-order valence-corrected chi connectivity index (χ2v) is 6.24. The molecule has 0 spiro atoms. The lowest BCUT2D eigenvalue weighted by Gasteiger charge is -2.32. The van der Waals surface area contributed by atoms with Gasteiger partial charge >= 0.3 is 0 Å². The Labute approximate surface area is 114 Å². The van der Waals surface area contributed by atoms with Crippen molar-refractivity contribution in [3.05, 3.63) is 0 Å². The maximum Gasteiger partial charge on any atom is 0.0610 e. The second kappa shape index (κ2) is 8.89. The third kappa shape index (κ3) is 7.34. The van der Waals surface area contributed by atoms with E-state index in [2.05, 4.69) is 51.9 Å². The molecule has 0 aromatic heterocycles. The van der Waals surface area contributed by atoms with Gasteiger partial charge in [-0.05, 0) is 46.7 Å². The zero-order valence-corrected chi connectivity index (χ0v) is 13.3. The Hall–Kier alpha value is -0.120. The Morgan fingerprint density at radius 1 is 1.28 bits per heavy atom. The van der Waals surface area contributed by atoms with Gasteiger partial charge in [-0.25, -0.2) is 0 Å². The van der Waals surface area contributed by atoms with Gasteiger partial charge in [0, 0.05) is 17.6 Å². The summed E-state index contributed by atoms with van der Waals surface area (Å²) < 4.78 is 0. The molecule has 2 atom stereocenters. The Kier molecular flexibility index (Phi) is 8.83. The molecule has 0 aliphatic heterocycles. The van der Waals surface area contributed by atoms with Gasteiger partial charge in [0.25, 0.3) is 0 Å². The minimum Gasteiger partial charge on any atom is -0.394 e. The molecule has 110 valence electrons. The van der Waals surface area contributed by atoms with Crippen molar-refractivity contribution in [2.75, 3.05) is 20.2 Å². The van der Waals surface area contributed by atoms with E-state index < -0.39 is 0 Å². The van der Waals surface area contributed by atoms with E-state index in [0.29, 0.717) is 12.1 Å². The van der Waals surface area contributed by atoms with Crippen LogP contribution in [0.4, 0.5) is 0 Å². The molecule has 0 aromatic carbocycles. The molecule has 3 heteroatoms. The summed E-state index contributed by atoms with van der Waals surface area (Å²) in [7, 11) is 2.20. The van der Waals surface area contributed by atoms with Gasteiger partial charge < -0.3 is 15.3 Å². The SMILES string of the molecule is CCCC(C)N(C)CCCC(C)(CO)NC(C)C. The Morgan fingerprint density at radius 2 is 1.89 bits per heavy atom. The number of aliphatic hydroxyl groups excluding tert-OH is 1. The second-order valence-electron chi connectivity index (χ2n) is 6.24. The highest BCUT2D eigenvalue weighted by atomic mass is 16.3. The smallest absolute Gasteiger partial charge is 0.0610 e. The Morgan fingerprint density at radius 3 is 2.33 bits per heavy atom. The lowest BCUT2D eigenvalue weighted by Crippen LogP contribution is -2.49. The highest BCUT2D eigenvalue weighted by Crippen LogP contribution is 2.14. The van der Waals surface area contributed by atoms with Gasteiger partial charge in [0.2, 0.25) is 0 Å². The first-order valence-corrected chi connectivity index (χ1v) is 7.43. The zero-order chi connectivity index (χ0) is 14.2. The van der Waals surface area contributed by atoms with Crippen LogP contribution in [0.5, 0.6) is 0 Å². The van der Waals surface area contributed by atoms with E-state index in [1.165, 1.54) is 12.8 Å². The molecule has 0 radical (unpaired) electrons. The fourth-order valence-corrected chi connectivity index (χ4v) is 2.47. The molecule has 0 heterocycles. The monoisotopic (exact) mass is 258 g/mol. The number of nitrogens with zero attached hydrogens (tertiary/aromatic N) is 1. The van der Waals surface area contributed by atoms with Crippen molar-refractivity contribution in [2.45, 2.75) is 77.9 Å². The molecular formula is C15H34N2O. The summed E-state index contributed by atoms with van der Waals surface area (Å²) >= 11 is 0. The number of rotatable bonds is 10. The fourth-order valence-electron chi connectivity index (χ4n) is 2.47. The summed E-state index contributed by atoms with van der Waals surface area (Å²) in [6.45, 7) is 12.2. The van der Waals surface area contributed by atoms with E-state index in [0.717, 1.165) is 19.4 Å². The molecule has 0 rings (SSSR count). The van der Waals surface area contributed by atoms with Crippen LogP contribution in [0.2, 0.25) is 0 Å². The number of hydrogen-bond donors (Lipinski definition) is 2. The molecule has 0 aliphatic rings. The molecule has 0 amide bonds. The molecule has 2 unspecified atom stereocenters. The third-order valence-electron chi connectivity index (χ3n) is 3.68. The first-order valence-electron chi connectivity index (χ1n) is 7.43. The van der Waals surface area contributed by atoms with E-state index in [9.17, 15) is 5.11 Å². The van der Waals surface area contributed by atoms with Gasteiger partial charge in [-0.3, -0.25) is 0 Å². The highest BCUT2D eigenvalue weighted by molar-refractivity contribution is 4.84. The van der Waals surface area contributed by atoms with Crippen LogP contribution >= 0.6 is 0 Å². The summed E-state index contributed by atoms with van der Waals surface area (Å²) in [6.07, 6.45) is 4.65. The Bertz CT molecular complexity index is 209. The molecule has 3 nitrogen and oxygen atoms in total. The van der Waals surface area contributed by atoms with Crippen LogP contribution in [-0.4, -0.2) is 47.8 Å². The van der Waals surface area contributed by atoms with Crippen molar-refractivity contribution in [1.82, 2.24) is 10.2 Å². The van der Waals surface area contributed by atoms with Crippen LogP contribution < -0.4 is 5.32 Å². The van der Waals surface area contributed by atoms with E-state index in [1.54, 1.807) is 0 Å². The van der Waals surface area contributed by atoms with Crippen molar-refractivity contribution in [2.24, 2.45) is 0 Å². The maximum atomic E-state index is 9.52. The molecule has 2 N–H and O–H groups in total. The van der Waals surface area contributed by atoms with Crippen molar-refractivity contribution in [1.29, 1.82) is 0 Å². The predicted molar refractivity (Wildman–Crippen MR) is 80.0 cm³/mol. The quantitative estimate of drug-likeness (QED) is 0.632. The molecule has 0 fully saturated rings. The van der Waals surface area contributed by atoms with Gasteiger partial charge in [0.1, 0.15) is 0 Å². The van der Waals surface area contributed by atoms with Crippen LogP contribution in [0, 0.1) is 0 Å². The molecule has 0 saturated heterocycles. The normalized spacial score (nSPS) is 17.2. The summed E-state index contributed by atoms with van der Waals surface area (Å²) in [5, 5.41) is 13.0. The topological polar surface area (TPSA) is 35.5 Å². The molecule has 18 heavy (non-hydrogen) atoms. The standard InChI is InChI=1S/C15H34N2O/c1-7-9-14(4)17(6)11-8-10-15(5,12-18)16-13(2)3/h13-14,16,18H,7-12H2,1-6H3. The van der Waals surface area contributed by atoms with Crippen LogP contribution in [0.3, 0.4) is 0 Å². The minimum absolute atomic E-state index is 0.136. The molecule has 0 aromatic rings. The first kappa shape index (κ1) is 17.9. The average Bonchev–Trinajstić information content (AvgIpc) is 2.28. The Balaban J connectivity index is 3.99. The number of hydrogen-bond acceptors (Lipinski definition) is 3. The van der Waals surface area contributed by atoms with E-state index in [-0.39, 0.29) is 12.1 Å². The predicted octanol–water partition coefficient (Wildman–Crippen LogP) is 2.64. The number of nitrogens with one attached hydrogen (secondary N) is 1.